The van der Waals surface area contributed by atoms with Gasteiger partial charge < -0.3 is 10.6 Å². The molecular formula is C15H31N3. The average molecular weight is 253 g/mol. The van der Waals surface area contributed by atoms with Crippen LogP contribution in [-0.2, 0) is 0 Å². The third kappa shape index (κ3) is 2.73. The number of hydrogen-bond acceptors (Lipinski definition) is 3. The highest BCUT2D eigenvalue weighted by molar-refractivity contribution is 5.01. The van der Waals surface area contributed by atoms with Crippen LogP contribution in [0.1, 0.15) is 46.5 Å². The second-order valence-corrected chi connectivity index (χ2v) is 6.65. The van der Waals surface area contributed by atoms with E-state index in [0.29, 0.717) is 0 Å². The predicted octanol–water partition coefficient (Wildman–Crippen LogP) is 1.92. The molecule has 2 unspecified atom stereocenters. The molecule has 106 valence electrons. The van der Waals surface area contributed by atoms with Gasteiger partial charge in [-0.1, -0.05) is 20.8 Å². The minimum atomic E-state index is 0.282. The Morgan fingerprint density at radius 1 is 1.39 bits per heavy atom. The first-order valence-electron chi connectivity index (χ1n) is 7.80. The maximum Gasteiger partial charge on any atom is 0.0358 e. The van der Waals surface area contributed by atoms with Gasteiger partial charge in [-0.15, -0.1) is 0 Å². The number of hydrogen-bond donors (Lipinski definition) is 1. The largest absolute Gasteiger partial charge is 0.329 e. The lowest BCUT2D eigenvalue weighted by Crippen LogP contribution is -2.61. The zero-order valence-electron chi connectivity index (χ0n) is 12.5. The minimum Gasteiger partial charge on any atom is -0.329 e. The summed E-state index contributed by atoms with van der Waals surface area (Å²) in [4.78, 5) is 5.37. The molecule has 0 spiro atoms. The first kappa shape index (κ1) is 14.3. The third-order valence-corrected chi connectivity index (χ3v) is 5.00. The van der Waals surface area contributed by atoms with E-state index in [9.17, 15) is 0 Å². The number of nitrogens with two attached hydrogens (primary N) is 1. The number of fused-ring (bicyclic) bond motifs is 1. The molecular weight excluding hydrogens is 222 g/mol. The first-order chi connectivity index (χ1) is 8.61. The summed E-state index contributed by atoms with van der Waals surface area (Å²) in [6.07, 6.45) is 5.34. The Bertz CT molecular complexity index is 266. The molecule has 2 N–H and O–H groups in total. The van der Waals surface area contributed by atoms with Gasteiger partial charge in [0.1, 0.15) is 0 Å². The van der Waals surface area contributed by atoms with Crippen LogP contribution in [0.3, 0.4) is 0 Å². The molecule has 2 saturated heterocycles. The Morgan fingerprint density at radius 3 is 2.78 bits per heavy atom. The molecule has 0 aromatic carbocycles. The van der Waals surface area contributed by atoms with Crippen molar-refractivity contribution in [2.45, 2.75) is 58.0 Å². The van der Waals surface area contributed by atoms with Crippen molar-refractivity contribution in [1.82, 2.24) is 9.80 Å². The smallest absolute Gasteiger partial charge is 0.0358 e. The maximum atomic E-state index is 6.21. The van der Waals surface area contributed by atoms with Gasteiger partial charge in [0.2, 0.25) is 0 Å². The average Bonchev–Trinajstić information content (AvgIpc) is 2.82. The fourth-order valence-corrected chi connectivity index (χ4v) is 4.01. The second-order valence-electron chi connectivity index (χ2n) is 6.65. The monoisotopic (exact) mass is 253 g/mol. The molecule has 0 amide bonds. The Hall–Kier alpha value is -0.120. The number of rotatable bonds is 5. The van der Waals surface area contributed by atoms with Crippen LogP contribution in [0.5, 0.6) is 0 Å². The highest BCUT2D eigenvalue weighted by Gasteiger charge is 2.43. The van der Waals surface area contributed by atoms with Crippen molar-refractivity contribution < 1.29 is 0 Å². The van der Waals surface area contributed by atoms with Gasteiger partial charge in [0, 0.05) is 31.2 Å². The van der Waals surface area contributed by atoms with Gasteiger partial charge in [-0.2, -0.15) is 0 Å². The van der Waals surface area contributed by atoms with Crippen molar-refractivity contribution >= 4 is 0 Å². The zero-order valence-corrected chi connectivity index (χ0v) is 12.5. The molecule has 0 aromatic heterocycles. The number of piperidine rings is 1. The van der Waals surface area contributed by atoms with Gasteiger partial charge in [0.15, 0.2) is 0 Å². The molecule has 2 rings (SSSR count). The van der Waals surface area contributed by atoms with E-state index in [4.69, 9.17) is 5.73 Å². The molecule has 18 heavy (non-hydrogen) atoms. The highest BCUT2D eigenvalue weighted by atomic mass is 15.3. The second kappa shape index (κ2) is 5.89. The Labute approximate surface area is 113 Å². The quantitative estimate of drug-likeness (QED) is 0.812. The molecule has 3 heteroatoms. The molecule has 2 aliphatic heterocycles. The van der Waals surface area contributed by atoms with Crippen molar-refractivity contribution in [3.63, 3.8) is 0 Å². The molecule has 2 atom stereocenters. The summed E-state index contributed by atoms with van der Waals surface area (Å²) in [6, 6.07) is 0.809. The summed E-state index contributed by atoms with van der Waals surface area (Å²) in [5.74, 6) is 0.731. The summed E-state index contributed by atoms with van der Waals surface area (Å²) in [7, 11) is 0. The Morgan fingerprint density at radius 2 is 2.17 bits per heavy atom. The van der Waals surface area contributed by atoms with Crippen LogP contribution in [0.2, 0.25) is 0 Å². The molecule has 0 aliphatic carbocycles. The van der Waals surface area contributed by atoms with Crippen LogP contribution in [0.15, 0.2) is 0 Å². The zero-order chi connectivity index (χ0) is 13.2. The molecule has 0 bridgehead atoms. The van der Waals surface area contributed by atoms with Crippen LogP contribution in [-0.4, -0.2) is 54.1 Å². The summed E-state index contributed by atoms with van der Waals surface area (Å²) in [5.41, 5.74) is 6.50. The van der Waals surface area contributed by atoms with E-state index in [1.807, 2.05) is 0 Å². The summed E-state index contributed by atoms with van der Waals surface area (Å²) in [6.45, 7) is 12.7. The minimum absolute atomic E-state index is 0.282. The SMILES string of the molecule is CCN(CC(C)C)C1(CN)CCN2CCCC2C1. The van der Waals surface area contributed by atoms with Crippen molar-refractivity contribution in [1.29, 1.82) is 0 Å². The molecule has 0 aromatic rings. The topological polar surface area (TPSA) is 32.5 Å². The molecule has 2 fully saturated rings. The summed E-state index contributed by atoms with van der Waals surface area (Å²) in [5, 5.41) is 0. The van der Waals surface area contributed by atoms with Gasteiger partial charge in [-0.05, 0) is 44.7 Å². The molecule has 0 saturated carbocycles. The lowest BCUT2D eigenvalue weighted by atomic mass is 9.81. The van der Waals surface area contributed by atoms with Gasteiger partial charge >= 0.3 is 0 Å². The van der Waals surface area contributed by atoms with Gasteiger partial charge in [-0.3, -0.25) is 4.90 Å². The van der Waals surface area contributed by atoms with E-state index in [2.05, 4.69) is 30.6 Å². The normalized spacial score (nSPS) is 33.3. The van der Waals surface area contributed by atoms with Gasteiger partial charge in [-0.25, -0.2) is 0 Å². The van der Waals surface area contributed by atoms with Crippen LogP contribution < -0.4 is 5.73 Å². The lowest BCUT2D eigenvalue weighted by Gasteiger charge is -2.50. The highest BCUT2D eigenvalue weighted by Crippen LogP contribution is 2.36. The van der Waals surface area contributed by atoms with Crippen molar-refractivity contribution in [3.05, 3.63) is 0 Å². The molecule has 2 aliphatic rings. The fourth-order valence-electron chi connectivity index (χ4n) is 4.01. The molecule has 0 radical (unpaired) electrons. The van der Waals surface area contributed by atoms with Crippen molar-refractivity contribution in [3.8, 4) is 0 Å². The van der Waals surface area contributed by atoms with Gasteiger partial charge in [0.05, 0.1) is 0 Å². The first-order valence-corrected chi connectivity index (χ1v) is 7.80. The molecule has 3 nitrogen and oxygen atoms in total. The van der Waals surface area contributed by atoms with E-state index in [1.165, 1.54) is 45.3 Å². The fraction of sp³-hybridized carbons (Fsp3) is 1.00. The Kier molecular flexibility index (Phi) is 4.68. The lowest BCUT2D eigenvalue weighted by molar-refractivity contribution is 0.00682. The standard InChI is InChI=1S/C15H31N3/c1-4-18(11-13(2)3)15(12-16)7-9-17-8-5-6-14(17)10-15/h13-14H,4-12,16H2,1-3H3. The Balaban J connectivity index is 2.08. The van der Waals surface area contributed by atoms with E-state index < -0.39 is 0 Å². The maximum absolute atomic E-state index is 6.21. The van der Waals surface area contributed by atoms with Crippen LogP contribution >= 0.6 is 0 Å². The predicted molar refractivity (Wildman–Crippen MR) is 77.7 cm³/mol. The third-order valence-electron chi connectivity index (χ3n) is 5.00. The van der Waals surface area contributed by atoms with Crippen molar-refractivity contribution in [2.24, 2.45) is 11.7 Å². The number of nitrogens with zero attached hydrogens (tertiary/aromatic N) is 2. The number of likely N-dealkylation sites (N-methyl/N-ethyl adjacent to an activating group) is 1. The summed E-state index contributed by atoms with van der Waals surface area (Å²) >= 11 is 0. The summed E-state index contributed by atoms with van der Waals surface area (Å²) < 4.78 is 0. The molecule has 2 heterocycles. The van der Waals surface area contributed by atoms with E-state index in [1.54, 1.807) is 0 Å². The van der Waals surface area contributed by atoms with Gasteiger partial charge in [0.25, 0.3) is 0 Å². The van der Waals surface area contributed by atoms with Crippen molar-refractivity contribution in [2.75, 3.05) is 32.7 Å². The van der Waals surface area contributed by atoms with E-state index in [-0.39, 0.29) is 5.54 Å². The van der Waals surface area contributed by atoms with E-state index >= 15 is 0 Å². The van der Waals surface area contributed by atoms with Crippen LogP contribution in [0.25, 0.3) is 0 Å². The van der Waals surface area contributed by atoms with Crippen LogP contribution in [0, 0.1) is 5.92 Å². The van der Waals surface area contributed by atoms with E-state index in [0.717, 1.165) is 25.0 Å². The van der Waals surface area contributed by atoms with Crippen LogP contribution in [0.4, 0.5) is 0 Å².